The summed E-state index contributed by atoms with van der Waals surface area (Å²) in [6, 6.07) is 23.2. The Kier molecular flexibility index (Phi) is 6.26. The Balaban J connectivity index is 1.27. The number of aromatic nitrogens is 2. The summed E-state index contributed by atoms with van der Waals surface area (Å²) >= 11 is 5.54. The molecule has 0 fully saturated rings. The highest BCUT2D eigenvalue weighted by atomic mass is 32.1. The number of fused-ring (bicyclic) bond motifs is 2. The highest BCUT2D eigenvalue weighted by Crippen LogP contribution is 2.29. The predicted octanol–water partition coefficient (Wildman–Crippen LogP) is 4.68. The van der Waals surface area contributed by atoms with E-state index in [-0.39, 0.29) is 0 Å². The number of hydrogen-bond donors (Lipinski definition) is 2. The average molecular weight is 497 g/mol. The van der Waals surface area contributed by atoms with Gasteiger partial charge in [-0.2, -0.15) is 9.97 Å². The number of benzene rings is 2. The molecule has 8 heteroatoms. The van der Waals surface area contributed by atoms with E-state index in [1.165, 1.54) is 22.3 Å². The van der Waals surface area contributed by atoms with Crippen molar-refractivity contribution in [3.8, 4) is 0 Å². The first kappa shape index (κ1) is 22.5. The molecule has 0 saturated carbocycles. The fraction of sp³-hybridized carbons (Fsp3) is 0.250. The second-order valence-corrected chi connectivity index (χ2v) is 9.58. The Morgan fingerprint density at radius 3 is 1.94 bits per heavy atom. The minimum Gasteiger partial charge on any atom is -0.467 e. The van der Waals surface area contributed by atoms with Gasteiger partial charge in [-0.3, -0.25) is 0 Å². The highest BCUT2D eigenvalue weighted by Gasteiger charge is 2.22. The van der Waals surface area contributed by atoms with Crippen molar-refractivity contribution < 1.29 is 4.42 Å². The molecule has 4 aromatic rings. The van der Waals surface area contributed by atoms with Crippen molar-refractivity contribution in [2.75, 3.05) is 28.2 Å². The normalized spacial score (nSPS) is 14.7. The molecule has 0 amide bonds. The van der Waals surface area contributed by atoms with Crippen molar-refractivity contribution in [2.45, 2.75) is 32.5 Å². The van der Waals surface area contributed by atoms with Crippen LogP contribution in [-0.4, -0.2) is 28.2 Å². The summed E-state index contributed by atoms with van der Waals surface area (Å²) in [5.74, 6) is 3.13. The van der Waals surface area contributed by atoms with Gasteiger partial charge in [-0.05, 0) is 59.4 Å². The molecule has 7 nitrogen and oxygen atoms in total. The van der Waals surface area contributed by atoms with Gasteiger partial charge in [-0.15, -0.1) is 0 Å². The molecule has 0 spiro atoms. The van der Waals surface area contributed by atoms with Crippen molar-refractivity contribution in [1.29, 1.82) is 0 Å². The number of hydrogen-bond acceptors (Lipinski definition) is 6. The van der Waals surface area contributed by atoms with Gasteiger partial charge in [0.2, 0.25) is 5.95 Å². The van der Waals surface area contributed by atoms with Crippen LogP contribution in [0.3, 0.4) is 0 Å². The summed E-state index contributed by atoms with van der Waals surface area (Å²) in [6.07, 6.45) is 3.65. The lowest BCUT2D eigenvalue weighted by Crippen LogP contribution is -2.34. The maximum atomic E-state index is 5.54. The maximum Gasteiger partial charge on any atom is 0.232 e. The summed E-state index contributed by atoms with van der Waals surface area (Å²) in [6.45, 7) is 3.98. The van der Waals surface area contributed by atoms with Gasteiger partial charge in [0.1, 0.15) is 17.4 Å². The molecule has 2 aromatic carbocycles. The summed E-state index contributed by atoms with van der Waals surface area (Å²) in [4.78, 5) is 14.4. The highest BCUT2D eigenvalue weighted by molar-refractivity contribution is 7.80. The average Bonchev–Trinajstić information content (AvgIpc) is 3.45. The zero-order chi connectivity index (χ0) is 24.3. The Bertz CT molecular complexity index is 1300. The molecule has 36 heavy (non-hydrogen) atoms. The molecule has 2 aromatic heterocycles. The monoisotopic (exact) mass is 496 g/mol. The molecular weight excluding hydrogens is 468 g/mol. The standard InChI is InChI=1S/C28H28N6OS/c36-28(29-17-24-10-5-15-35-24)32-27-30-25(33-13-11-20-6-1-3-8-22(20)18-33)16-26(31-27)34-14-12-21-7-2-4-9-23(21)19-34/h1-10,15-16H,11-14,17-19H2,(H2,29,30,31,32,36). The van der Waals surface area contributed by atoms with E-state index in [1.807, 2.05) is 12.1 Å². The summed E-state index contributed by atoms with van der Waals surface area (Å²) in [5, 5.41) is 6.84. The molecule has 0 aliphatic carbocycles. The smallest absolute Gasteiger partial charge is 0.232 e. The molecule has 2 N–H and O–H groups in total. The van der Waals surface area contributed by atoms with Crippen LogP contribution in [0.1, 0.15) is 28.0 Å². The molecule has 2 aliphatic rings. The predicted molar refractivity (Wildman–Crippen MR) is 146 cm³/mol. The van der Waals surface area contributed by atoms with Gasteiger partial charge in [-0.1, -0.05) is 48.5 Å². The molecular formula is C28H28N6OS. The van der Waals surface area contributed by atoms with Gasteiger partial charge in [0.05, 0.1) is 12.8 Å². The Labute approximate surface area is 216 Å². The topological polar surface area (TPSA) is 69.5 Å². The molecule has 0 unspecified atom stereocenters. The third-order valence-corrected chi connectivity index (χ3v) is 7.08. The van der Waals surface area contributed by atoms with Crippen molar-refractivity contribution >= 4 is 34.9 Å². The van der Waals surface area contributed by atoms with Gasteiger partial charge in [-0.25, -0.2) is 0 Å². The van der Waals surface area contributed by atoms with Gasteiger partial charge >= 0.3 is 0 Å². The molecule has 0 bridgehead atoms. The first-order chi connectivity index (χ1) is 17.7. The van der Waals surface area contributed by atoms with Gasteiger partial charge in [0, 0.05) is 32.2 Å². The fourth-order valence-electron chi connectivity index (χ4n) is 4.91. The van der Waals surface area contributed by atoms with E-state index in [4.69, 9.17) is 26.6 Å². The number of rotatable bonds is 5. The molecule has 4 heterocycles. The third-order valence-electron chi connectivity index (χ3n) is 6.84. The van der Waals surface area contributed by atoms with Crippen molar-refractivity contribution in [1.82, 2.24) is 15.3 Å². The van der Waals surface area contributed by atoms with Crippen molar-refractivity contribution in [3.63, 3.8) is 0 Å². The number of thiocarbonyl (C=S) groups is 1. The maximum absolute atomic E-state index is 5.54. The van der Waals surface area contributed by atoms with Crippen LogP contribution in [0.25, 0.3) is 0 Å². The van der Waals surface area contributed by atoms with Gasteiger partial charge in [0.15, 0.2) is 5.11 Å². The molecule has 182 valence electrons. The third kappa shape index (κ3) is 4.90. The SMILES string of the molecule is S=C(NCc1ccco1)Nc1nc(N2CCc3ccccc3C2)cc(N2CCc3ccccc3C2)n1. The molecule has 6 rings (SSSR count). The van der Waals surface area contributed by atoms with Crippen LogP contribution >= 0.6 is 12.2 Å². The first-order valence-corrected chi connectivity index (χ1v) is 12.7. The largest absolute Gasteiger partial charge is 0.467 e. The molecule has 0 saturated heterocycles. The number of furan rings is 1. The van der Waals surface area contributed by atoms with Gasteiger partial charge < -0.3 is 24.9 Å². The summed E-state index contributed by atoms with van der Waals surface area (Å²) in [7, 11) is 0. The quantitative estimate of drug-likeness (QED) is 0.386. The Morgan fingerprint density at radius 1 is 0.806 bits per heavy atom. The zero-order valence-corrected chi connectivity index (χ0v) is 20.8. The Morgan fingerprint density at radius 2 is 1.39 bits per heavy atom. The van der Waals surface area contributed by atoms with E-state index in [1.54, 1.807) is 6.26 Å². The first-order valence-electron chi connectivity index (χ1n) is 12.3. The number of nitrogens with one attached hydrogen (secondary N) is 2. The number of anilines is 3. The van der Waals surface area contributed by atoms with E-state index < -0.39 is 0 Å². The van der Waals surface area contributed by atoms with E-state index in [0.717, 1.165) is 56.4 Å². The van der Waals surface area contributed by atoms with Crippen LogP contribution in [-0.2, 0) is 32.5 Å². The molecule has 2 aliphatic heterocycles. The Hall–Kier alpha value is -3.91. The van der Waals surface area contributed by atoms with E-state index in [9.17, 15) is 0 Å². The second-order valence-electron chi connectivity index (χ2n) is 9.18. The second kappa shape index (κ2) is 9.99. The fourth-order valence-corrected chi connectivity index (χ4v) is 5.07. The minimum atomic E-state index is 0.461. The van der Waals surface area contributed by atoms with Crippen molar-refractivity contribution in [2.24, 2.45) is 0 Å². The van der Waals surface area contributed by atoms with Crippen LogP contribution in [0.4, 0.5) is 17.6 Å². The molecule has 0 radical (unpaired) electrons. The van der Waals surface area contributed by atoms with Crippen LogP contribution in [0.5, 0.6) is 0 Å². The van der Waals surface area contributed by atoms with Crippen LogP contribution in [0.2, 0.25) is 0 Å². The minimum absolute atomic E-state index is 0.461. The van der Waals surface area contributed by atoms with Crippen LogP contribution in [0.15, 0.2) is 77.4 Å². The lowest BCUT2D eigenvalue weighted by atomic mass is 9.99. The van der Waals surface area contributed by atoms with Crippen LogP contribution in [0, 0.1) is 0 Å². The number of nitrogens with zero attached hydrogens (tertiary/aromatic N) is 4. The lowest BCUT2D eigenvalue weighted by molar-refractivity contribution is 0.503. The summed E-state index contributed by atoms with van der Waals surface area (Å²) < 4.78 is 5.39. The van der Waals surface area contributed by atoms with Crippen LogP contribution < -0.4 is 20.4 Å². The lowest BCUT2D eigenvalue weighted by Gasteiger charge is -2.33. The van der Waals surface area contributed by atoms with Crippen molar-refractivity contribution in [3.05, 3.63) is 101 Å². The summed E-state index contributed by atoms with van der Waals surface area (Å²) in [5.41, 5.74) is 5.52. The van der Waals surface area contributed by atoms with E-state index >= 15 is 0 Å². The van der Waals surface area contributed by atoms with E-state index in [2.05, 4.69) is 75.0 Å². The zero-order valence-electron chi connectivity index (χ0n) is 20.0. The molecule has 0 atom stereocenters. The van der Waals surface area contributed by atoms with Gasteiger partial charge in [0.25, 0.3) is 0 Å². The van der Waals surface area contributed by atoms with E-state index in [0.29, 0.717) is 17.6 Å².